The van der Waals surface area contributed by atoms with Crippen molar-refractivity contribution in [2.24, 2.45) is 0 Å². The number of carbonyl (C=O) groups excluding carboxylic acids is 1. The number of rotatable bonds is 4. The maximum Gasteiger partial charge on any atom is 0.276 e. The van der Waals surface area contributed by atoms with Crippen molar-refractivity contribution in [2.45, 2.75) is 6.92 Å². The van der Waals surface area contributed by atoms with E-state index >= 15 is 0 Å². The first-order valence-corrected chi connectivity index (χ1v) is 7.28. The van der Waals surface area contributed by atoms with E-state index in [1.165, 1.54) is 18.4 Å². The van der Waals surface area contributed by atoms with Gasteiger partial charge < -0.3 is 14.8 Å². The van der Waals surface area contributed by atoms with Crippen LogP contribution in [0.1, 0.15) is 15.5 Å². The van der Waals surface area contributed by atoms with Gasteiger partial charge in [0.15, 0.2) is 0 Å². The molecule has 0 radical (unpaired) electrons. The summed E-state index contributed by atoms with van der Waals surface area (Å²) < 4.78 is 12.0. The lowest BCUT2D eigenvalue weighted by Crippen LogP contribution is -2.13. The lowest BCUT2D eigenvalue weighted by molar-refractivity contribution is 0.102. The molecule has 3 rings (SSSR count). The maximum absolute atomic E-state index is 12.3. The van der Waals surface area contributed by atoms with Crippen molar-refractivity contribution in [1.29, 1.82) is 0 Å². The molecule has 2 heterocycles. The van der Waals surface area contributed by atoms with Crippen LogP contribution in [-0.2, 0) is 0 Å². The first-order valence-electron chi connectivity index (χ1n) is 6.47. The number of anilines is 1. The first kappa shape index (κ1) is 14.3. The molecule has 0 spiro atoms. The Hall–Kier alpha value is -2.61. The molecule has 3 aromatic rings. The zero-order valence-corrected chi connectivity index (χ0v) is 13.1. The highest BCUT2D eigenvalue weighted by Crippen LogP contribution is 2.29. The SMILES string of the molecule is COc1ccc(OC)c(NC(=O)c2cn3nc(C)sc3n2)c1. The lowest BCUT2D eigenvalue weighted by atomic mass is 10.2. The largest absolute Gasteiger partial charge is 0.497 e. The average molecular weight is 318 g/mol. The summed E-state index contributed by atoms with van der Waals surface area (Å²) in [6, 6.07) is 5.18. The van der Waals surface area contributed by atoms with Gasteiger partial charge in [0, 0.05) is 6.07 Å². The average Bonchev–Trinajstić information content (AvgIpc) is 3.04. The second kappa shape index (κ2) is 5.64. The van der Waals surface area contributed by atoms with E-state index in [4.69, 9.17) is 9.47 Å². The number of hydrogen-bond donors (Lipinski definition) is 1. The Balaban J connectivity index is 1.88. The van der Waals surface area contributed by atoms with Crippen LogP contribution in [0.3, 0.4) is 0 Å². The number of benzene rings is 1. The summed E-state index contributed by atoms with van der Waals surface area (Å²) in [4.78, 5) is 17.3. The van der Waals surface area contributed by atoms with E-state index in [1.807, 2.05) is 6.92 Å². The number of carbonyl (C=O) groups is 1. The van der Waals surface area contributed by atoms with Crippen molar-refractivity contribution in [2.75, 3.05) is 19.5 Å². The molecule has 1 N–H and O–H groups in total. The van der Waals surface area contributed by atoms with Gasteiger partial charge in [0.05, 0.1) is 26.1 Å². The fraction of sp³-hybridized carbons (Fsp3) is 0.214. The minimum Gasteiger partial charge on any atom is -0.497 e. The Labute approximate surface area is 130 Å². The van der Waals surface area contributed by atoms with Crippen LogP contribution in [0, 0.1) is 6.92 Å². The zero-order valence-electron chi connectivity index (χ0n) is 12.3. The minimum atomic E-state index is -0.332. The first-order chi connectivity index (χ1) is 10.6. The van der Waals surface area contributed by atoms with Gasteiger partial charge in [-0.25, -0.2) is 9.50 Å². The molecule has 0 atom stereocenters. The van der Waals surface area contributed by atoms with Gasteiger partial charge in [-0.3, -0.25) is 4.79 Å². The van der Waals surface area contributed by atoms with Gasteiger partial charge in [-0.2, -0.15) is 5.10 Å². The van der Waals surface area contributed by atoms with E-state index in [2.05, 4.69) is 15.4 Å². The smallest absolute Gasteiger partial charge is 0.276 e. The van der Waals surface area contributed by atoms with Gasteiger partial charge in [-0.15, -0.1) is 0 Å². The van der Waals surface area contributed by atoms with E-state index in [0.717, 1.165) is 5.01 Å². The molecule has 22 heavy (non-hydrogen) atoms. The van der Waals surface area contributed by atoms with E-state index in [1.54, 1.807) is 36.0 Å². The fourth-order valence-electron chi connectivity index (χ4n) is 2.01. The van der Waals surface area contributed by atoms with Gasteiger partial charge in [-0.1, -0.05) is 11.3 Å². The lowest BCUT2D eigenvalue weighted by Gasteiger charge is -2.10. The highest BCUT2D eigenvalue weighted by Gasteiger charge is 2.15. The van der Waals surface area contributed by atoms with Crippen molar-refractivity contribution in [3.8, 4) is 11.5 Å². The summed E-state index contributed by atoms with van der Waals surface area (Å²) >= 11 is 1.43. The Morgan fingerprint density at radius 1 is 1.32 bits per heavy atom. The Morgan fingerprint density at radius 2 is 2.14 bits per heavy atom. The number of aromatic nitrogens is 3. The van der Waals surface area contributed by atoms with E-state index < -0.39 is 0 Å². The van der Waals surface area contributed by atoms with Crippen molar-refractivity contribution in [3.05, 3.63) is 35.1 Å². The molecule has 0 bridgehead atoms. The number of nitrogens with one attached hydrogen (secondary N) is 1. The van der Waals surface area contributed by atoms with Gasteiger partial charge in [0.1, 0.15) is 22.2 Å². The number of hydrogen-bond acceptors (Lipinski definition) is 6. The second-order valence-corrected chi connectivity index (χ2v) is 5.65. The summed E-state index contributed by atoms with van der Waals surface area (Å²) in [5.74, 6) is 0.838. The number of imidazole rings is 1. The van der Waals surface area contributed by atoms with Crippen molar-refractivity contribution >= 4 is 27.9 Å². The van der Waals surface area contributed by atoms with Crippen molar-refractivity contribution in [3.63, 3.8) is 0 Å². The number of amides is 1. The molecular formula is C14H14N4O3S. The summed E-state index contributed by atoms with van der Waals surface area (Å²) in [6.07, 6.45) is 1.60. The molecule has 7 nitrogen and oxygen atoms in total. The molecule has 8 heteroatoms. The Bertz CT molecular complexity index is 808. The van der Waals surface area contributed by atoms with Crippen LogP contribution < -0.4 is 14.8 Å². The predicted octanol–water partition coefficient (Wildman–Crippen LogP) is 2.37. The number of nitrogens with zero attached hydrogens (tertiary/aromatic N) is 3. The van der Waals surface area contributed by atoms with Gasteiger partial charge in [0.25, 0.3) is 5.91 Å². The van der Waals surface area contributed by atoms with Crippen LogP contribution in [0.4, 0.5) is 5.69 Å². The standard InChI is InChI=1S/C14H14N4O3S/c1-8-17-18-7-11(16-14(18)22-8)13(19)15-10-6-9(20-2)4-5-12(10)21-3/h4-7H,1-3H3,(H,15,19). The van der Waals surface area contributed by atoms with Crippen LogP contribution in [0.5, 0.6) is 11.5 Å². The monoisotopic (exact) mass is 318 g/mol. The quantitative estimate of drug-likeness (QED) is 0.799. The van der Waals surface area contributed by atoms with Gasteiger partial charge in [0.2, 0.25) is 4.96 Å². The summed E-state index contributed by atoms with van der Waals surface area (Å²) in [5, 5.41) is 7.90. The van der Waals surface area contributed by atoms with E-state index in [0.29, 0.717) is 27.8 Å². The summed E-state index contributed by atoms with van der Waals surface area (Å²) in [5.41, 5.74) is 0.816. The molecule has 0 saturated heterocycles. The summed E-state index contributed by atoms with van der Waals surface area (Å²) in [7, 11) is 3.10. The van der Waals surface area contributed by atoms with Crippen LogP contribution in [0.2, 0.25) is 0 Å². The summed E-state index contributed by atoms with van der Waals surface area (Å²) in [6.45, 7) is 1.89. The Morgan fingerprint density at radius 3 is 2.82 bits per heavy atom. The predicted molar refractivity (Wildman–Crippen MR) is 83.1 cm³/mol. The normalized spacial score (nSPS) is 10.7. The van der Waals surface area contributed by atoms with E-state index in [-0.39, 0.29) is 5.91 Å². The highest BCUT2D eigenvalue weighted by atomic mass is 32.1. The maximum atomic E-state index is 12.3. The highest BCUT2D eigenvalue weighted by molar-refractivity contribution is 7.16. The molecule has 1 aromatic carbocycles. The van der Waals surface area contributed by atoms with Crippen LogP contribution in [0.25, 0.3) is 4.96 Å². The van der Waals surface area contributed by atoms with Crippen molar-refractivity contribution in [1.82, 2.24) is 14.6 Å². The molecule has 1 amide bonds. The fourth-order valence-corrected chi connectivity index (χ4v) is 2.73. The number of ether oxygens (including phenoxy) is 2. The molecule has 0 fully saturated rings. The molecular weight excluding hydrogens is 304 g/mol. The molecule has 0 unspecified atom stereocenters. The van der Waals surface area contributed by atoms with E-state index in [9.17, 15) is 4.79 Å². The molecule has 114 valence electrons. The molecule has 0 saturated carbocycles. The molecule has 0 aliphatic rings. The third kappa shape index (κ3) is 2.60. The molecule has 2 aromatic heterocycles. The topological polar surface area (TPSA) is 77.8 Å². The third-order valence-corrected chi connectivity index (χ3v) is 3.87. The second-order valence-electron chi connectivity index (χ2n) is 4.49. The van der Waals surface area contributed by atoms with Crippen LogP contribution in [-0.4, -0.2) is 34.7 Å². The van der Waals surface area contributed by atoms with Gasteiger partial charge >= 0.3 is 0 Å². The number of fused-ring (bicyclic) bond motifs is 1. The minimum absolute atomic E-state index is 0.295. The number of aryl methyl sites for hydroxylation is 1. The van der Waals surface area contributed by atoms with Crippen molar-refractivity contribution < 1.29 is 14.3 Å². The van der Waals surface area contributed by atoms with Crippen LogP contribution in [0.15, 0.2) is 24.4 Å². The van der Waals surface area contributed by atoms with Crippen LogP contribution >= 0.6 is 11.3 Å². The molecule has 0 aliphatic carbocycles. The molecule has 0 aliphatic heterocycles. The number of methoxy groups -OCH3 is 2. The zero-order chi connectivity index (χ0) is 15.7. The third-order valence-electron chi connectivity index (χ3n) is 3.03. The Kier molecular flexibility index (Phi) is 3.68. The van der Waals surface area contributed by atoms with Gasteiger partial charge in [-0.05, 0) is 19.1 Å².